The van der Waals surface area contributed by atoms with Crippen LogP contribution in [0.4, 0.5) is 4.39 Å². The summed E-state index contributed by atoms with van der Waals surface area (Å²) in [6.45, 7) is 0.208. The van der Waals surface area contributed by atoms with Crippen LogP contribution in [0.5, 0.6) is 0 Å². The zero-order chi connectivity index (χ0) is 21.3. The maximum Gasteiger partial charge on any atom is 0.287 e. The molecule has 30 heavy (non-hydrogen) atoms. The number of aromatic nitrogens is 1. The number of carbonyl (C=O) groups is 1. The van der Waals surface area contributed by atoms with Crippen molar-refractivity contribution in [2.75, 3.05) is 0 Å². The van der Waals surface area contributed by atoms with Gasteiger partial charge in [0.05, 0.1) is 21.7 Å². The van der Waals surface area contributed by atoms with E-state index in [2.05, 4.69) is 10.3 Å². The minimum Gasteiger partial charge on any atom is -0.449 e. The summed E-state index contributed by atoms with van der Waals surface area (Å²) in [5, 5.41) is 1.99. The van der Waals surface area contributed by atoms with Crippen molar-refractivity contribution in [3.8, 4) is 0 Å². The summed E-state index contributed by atoms with van der Waals surface area (Å²) in [6.07, 6.45) is 2.57. The van der Waals surface area contributed by atoms with Crippen LogP contribution >= 0.6 is 11.6 Å². The van der Waals surface area contributed by atoms with Gasteiger partial charge in [0.15, 0.2) is 21.2 Å². The van der Waals surface area contributed by atoms with E-state index in [1.807, 2.05) is 0 Å². The van der Waals surface area contributed by atoms with Gasteiger partial charge in [0.25, 0.3) is 5.91 Å². The lowest BCUT2D eigenvalue weighted by molar-refractivity contribution is 0.0925. The molecule has 1 N–H and O–H groups in total. The lowest BCUT2D eigenvalue weighted by Crippen LogP contribution is -2.37. The quantitative estimate of drug-likeness (QED) is 0.593. The van der Waals surface area contributed by atoms with Crippen molar-refractivity contribution in [2.24, 2.45) is 0 Å². The van der Waals surface area contributed by atoms with Crippen molar-refractivity contribution < 1.29 is 22.0 Å². The molecular weight excluding hydrogens is 431 g/mol. The van der Waals surface area contributed by atoms with E-state index in [4.69, 9.17) is 16.0 Å². The van der Waals surface area contributed by atoms with Crippen molar-refractivity contribution in [1.29, 1.82) is 0 Å². The molecular formula is C21H20ClFN2O4S. The highest BCUT2D eigenvalue weighted by Crippen LogP contribution is 2.33. The standard InChI is InChI=1S/C21H20ClFN2O4S/c22-17-10-15(23)3-6-20(17)30(27,28)16-4-1-13(2-5-16)11-25-21(26)18-9-14-7-8-24-12-19(14)29-18/h1-2,4-5,7-9,12,15,17,20H,3,6,10-11H2,(H,25,26). The summed E-state index contributed by atoms with van der Waals surface area (Å²) in [7, 11) is -3.65. The predicted octanol–water partition coefficient (Wildman–Crippen LogP) is 4.03. The van der Waals surface area contributed by atoms with Gasteiger partial charge in [0.2, 0.25) is 0 Å². The van der Waals surface area contributed by atoms with Crippen LogP contribution in [-0.2, 0) is 16.4 Å². The summed E-state index contributed by atoms with van der Waals surface area (Å²) < 4.78 is 44.6. The molecule has 158 valence electrons. The van der Waals surface area contributed by atoms with Gasteiger partial charge < -0.3 is 9.73 Å². The Bertz CT molecular complexity index is 1130. The second kappa shape index (κ2) is 8.35. The van der Waals surface area contributed by atoms with E-state index < -0.39 is 26.6 Å². The van der Waals surface area contributed by atoms with Crippen molar-refractivity contribution >= 4 is 38.3 Å². The largest absolute Gasteiger partial charge is 0.449 e. The van der Waals surface area contributed by atoms with Crippen LogP contribution in [0.25, 0.3) is 11.0 Å². The minimum absolute atomic E-state index is 0.0490. The molecule has 2 aromatic heterocycles. The van der Waals surface area contributed by atoms with E-state index >= 15 is 0 Å². The van der Waals surface area contributed by atoms with Gasteiger partial charge in [-0.3, -0.25) is 9.78 Å². The van der Waals surface area contributed by atoms with E-state index in [0.29, 0.717) is 5.58 Å². The van der Waals surface area contributed by atoms with Crippen LogP contribution in [0.15, 0.2) is 58.1 Å². The molecule has 1 aliphatic rings. The van der Waals surface area contributed by atoms with Crippen LogP contribution in [-0.4, -0.2) is 36.1 Å². The topological polar surface area (TPSA) is 89.3 Å². The van der Waals surface area contributed by atoms with Crippen LogP contribution in [0, 0.1) is 0 Å². The smallest absolute Gasteiger partial charge is 0.287 e. The van der Waals surface area contributed by atoms with Crippen LogP contribution in [0.3, 0.4) is 0 Å². The molecule has 1 fully saturated rings. The molecule has 9 heteroatoms. The predicted molar refractivity (Wildman–Crippen MR) is 111 cm³/mol. The number of rotatable bonds is 5. The third kappa shape index (κ3) is 4.20. The maximum absolute atomic E-state index is 13.5. The monoisotopic (exact) mass is 450 g/mol. The van der Waals surface area contributed by atoms with E-state index in [9.17, 15) is 17.6 Å². The molecule has 0 bridgehead atoms. The van der Waals surface area contributed by atoms with Crippen LogP contribution < -0.4 is 5.32 Å². The molecule has 1 aromatic carbocycles. The Morgan fingerprint density at radius 1 is 1.23 bits per heavy atom. The molecule has 3 atom stereocenters. The first-order chi connectivity index (χ1) is 14.3. The summed E-state index contributed by atoms with van der Waals surface area (Å²) >= 11 is 6.14. The number of amides is 1. The summed E-state index contributed by atoms with van der Waals surface area (Å²) in [5.74, 6) is -0.204. The maximum atomic E-state index is 13.5. The number of pyridine rings is 1. The van der Waals surface area contributed by atoms with Gasteiger partial charge in [0.1, 0.15) is 6.17 Å². The first kappa shape index (κ1) is 20.8. The number of benzene rings is 1. The molecule has 1 aliphatic carbocycles. The summed E-state index contributed by atoms with van der Waals surface area (Å²) in [4.78, 5) is 16.4. The second-order valence-electron chi connectivity index (χ2n) is 7.36. The average molecular weight is 451 g/mol. The van der Waals surface area contributed by atoms with Crippen LogP contribution in [0.1, 0.15) is 35.4 Å². The average Bonchev–Trinajstić information content (AvgIpc) is 3.16. The zero-order valence-electron chi connectivity index (χ0n) is 15.9. The molecule has 2 heterocycles. The van der Waals surface area contributed by atoms with Crippen LogP contribution in [0.2, 0.25) is 0 Å². The van der Waals surface area contributed by atoms with Crippen molar-refractivity contribution in [3.63, 3.8) is 0 Å². The molecule has 3 unspecified atom stereocenters. The third-order valence-corrected chi connectivity index (χ3v) is 8.22. The number of nitrogens with zero attached hydrogens (tertiary/aromatic N) is 1. The van der Waals surface area contributed by atoms with Crippen molar-refractivity contribution in [3.05, 3.63) is 60.1 Å². The third-order valence-electron chi connectivity index (χ3n) is 5.30. The first-order valence-corrected chi connectivity index (χ1v) is 11.6. The van der Waals surface area contributed by atoms with E-state index in [0.717, 1.165) is 10.9 Å². The highest BCUT2D eigenvalue weighted by atomic mass is 35.5. The van der Waals surface area contributed by atoms with E-state index in [-0.39, 0.29) is 42.4 Å². The molecule has 4 rings (SSSR count). The Balaban J connectivity index is 1.41. The SMILES string of the molecule is O=C(NCc1ccc(S(=O)(=O)C2CCC(F)CC2Cl)cc1)c1cc2ccncc2o1. The van der Waals surface area contributed by atoms with Gasteiger partial charge in [-0.1, -0.05) is 12.1 Å². The minimum atomic E-state index is -3.65. The fourth-order valence-corrected chi connectivity index (χ4v) is 6.16. The number of hydrogen-bond donors (Lipinski definition) is 1. The highest BCUT2D eigenvalue weighted by molar-refractivity contribution is 7.92. The Kier molecular flexibility index (Phi) is 5.79. The lowest BCUT2D eigenvalue weighted by atomic mass is 9.98. The first-order valence-electron chi connectivity index (χ1n) is 9.57. The van der Waals surface area contributed by atoms with Gasteiger partial charge in [-0.2, -0.15) is 0 Å². The molecule has 0 aliphatic heterocycles. The van der Waals surface area contributed by atoms with Gasteiger partial charge in [0, 0.05) is 18.1 Å². The Labute approximate surface area is 178 Å². The number of alkyl halides is 2. The summed E-state index contributed by atoms with van der Waals surface area (Å²) in [5.41, 5.74) is 1.26. The van der Waals surface area contributed by atoms with Gasteiger partial charge in [-0.15, -0.1) is 11.6 Å². The second-order valence-corrected chi connectivity index (χ2v) is 10.1. The number of sulfone groups is 1. The van der Waals surface area contributed by atoms with E-state index in [1.54, 1.807) is 30.5 Å². The molecule has 3 aromatic rings. The molecule has 1 amide bonds. The van der Waals surface area contributed by atoms with E-state index in [1.165, 1.54) is 18.3 Å². The van der Waals surface area contributed by atoms with Crippen molar-refractivity contribution in [1.82, 2.24) is 10.3 Å². The van der Waals surface area contributed by atoms with Gasteiger partial charge in [-0.25, -0.2) is 12.8 Å². The Morgan fingerprint density at radius 3 is 2.70 bits per heavy atom. The highest BCUT2D eigenvalue weighted by Gasteiger charge is 2.38. The molecule has 0 saturated heterocycles. The molecule has 1 saturated carbocycles. The number of hydrogen-bond acceptors (Lipinski definition) is 5. The number of nitrogens with one attached hydrogen (secondary N) is 1. The normalized spacial score (nSPS) is 22.1. The summed E-state index contributed by atoms with van der Waals surface area (Å²) in [6, 6.07) is 9.65. The molecule has 6 nitrogen and oxygen atoms in total. The van der Waals surface area contributed by atoms with Crippen molar-refractivity contribution in [2.45, 2.75) is 47.5 Å². The number of fused-ring (bicyclic) bond motifs is 1. The lowest BCUT2D eigenvalue weighted by Gasteiger charge is -2.28. The molecule has 0 radical (unpaired) electrons. The number of carbonyl (C=O) groups excluding carboxylic acids is 1. The number of furan rings is 1. The Morgan fingerprint density at radius 2 is 2.00 bits per heavy atom. The van der Waals surface area contributed by atoms with Gasteiger partial charge >= 0.3 is 0 Å². The number of halogens is 2. The zero-order valence-corrected chi connectivity index (χ0v) is 17.5. The fraction of sp³-hybridized carbons (Fsp3) is 0.333. The fourth-order valence-electron chi connectivity index (χ4n) is 3.63. The molecule has 0 spiro atoms. The van der Waals surface area contributed by atoms with Gasteiger partial charge in [-0.05, 0) is 49.1 Å². The Hall–Kier alpha value is -2.45.